The number of amides is 2. The van der Waals surface area contributed by atoms with Crippen LogP contribution in [0.25, 0.3) is 0 Å². The van der Waals surface area contributed by atoms with Crippen LogP contribution >= 0.6 is 0 Å². The van der Waals surface area contributed by atoms with Crippen LogP contribution in [0.4, 0.5) is 0 Å². The first-order chi connectivity index (χ1) is 12.1. The summed E-state index contributed by atoms with van der Waals surface area (Å²) in [7, 11) is 1.67. The van der Waals surface area contributed by atoms with E-state index in [4.69, 9.17) is 4.74 Å². The van der Waals surface area contributed by atoms with Crippen molar-refractivity contribution in [3.8, 4) is 5.75 Å². The second kappa shape index (κ2) is 10.0. The van der Waals surface area contributed by atoms with Crippen molar-refractivity contribution in [3.63, 3.8) is 0 Å². The van der Waals surface area contributed by atoms with E-state index < -0.39 is 0 Å². The van der Waals surface area contributed by atoms with Gasteiger partial charge in [-0.2, -0.15) is 0 Å². The summed E-state index contributed by atoms with van der Waals surface area (Å²) in [5.74, 6) is 0.672. The van der Waals surface area contributed by atoms with Gasteiger partial charge in [0, 0.05) is 26.4 Å². The van der Waals surface area contributed by atoms with Crippen molar-refractivity contribution in [2.45, 2.75) is 38.6 Å². The average Bonchev–Trinajstić information content (AvgIpc) is 2.62. The molecule has 0 aromatic heterocycles. The number of piperidine rings is 1. The number of carbonyl (C=O) groups is 2. The Bertz CT molecular complexity index is 571. The quantitative estimate of drug-likeness (QED) is 0.753. The summed E-state index contributed by atoms with van der Waals surface area (Å²) < 4.78 is 5.35. The number of ether oxygens (including phenoxy) is 1. The van der Waals surface area contributed by atoms with E-state index in [1.54, 1.807) is 7.11 Å². The molecule has 1 aromatic carbocycles. The van der Waals surface area contributed by atoms with Gasteiger partial charge in [-0.15, -0.1) is 0 Å². The molecule has 1 atom stereocenters. The van der Waals surface area contributed by atoms with E-state index in [0.29, 0.717) is 19.5 Å². The lowest BCUT2D eigenvalue weighted by Gasteiger charge is -2.35. The molecule has 0 bridgehead atoms. The van der Waals surface area contributed by atoms with Crippen LogP contribution in [0.2, 0.25) is 0 Å². The molecular weight excluding hydrogens is 318 g/mol. The fraction of sp³-hybridized carbons (Fsp3) is 0.579. The van der Waals surface area contributed by atoms with Crippen molar-refractivity contribution in [1.29, 1.82) is 0 Å². The number of rotatable bonds is 8. The maximum absolute atomic E-state index is 12.1. The number of hydrogen-bond acceptors (Lipinski definition) is 4. The van der Waals surface area contributed by atoms with Gasteiger partial charge < -0.3 is 15.4 Å². The van der Waals surface area contributed by atoms with Gasteiger partial charge in [-0.3, -0.25) is 14.5 Å². The van der Waals surface area contributed by atoms with Crippen LogP contribution in [-0.2, 0) is 9.59 Å². The molecular formula is C19H29N3O3. The third kappa shape index (κ3) is 6.38. The minimum atomic E-state index is -0.115. The van der Waals surface area contributed by atoms with E-state index in [1.165, 1.54) is 26.2 Å². The van der Waals surface area contributed by atoms with Crippen molar-refractivity contribution in [3.05, 3.63) is 29.8 Å². The zero-order chi connectivity index (χ0) is 18.1. The number of likely N-dealkylation sites (tertiary alicyclic amines) is 1. The summed E-state index contributed by atoms with van der Waals surface area (Å²) in [6.45, 7) is 4.47. The Hall–Kier alpha value is -2.08. The maximum Gasteiger partial charge on any atom is 0.221 e. The lowest BCUT2D eigenvalue weighted by atomic mass is 10.0. The summed E-state index contributed by atoms with van der Waals surface area (Å²) >= 11 is 0. The molecule has 1 saturated heterocycles. The van der Waals surface area contributed by atoms with Crippen LogP contribution in [0.1, 0.15) is 44.2 Å². The Kier molecular flexibility index (Phi) is 7.73. The van der Waals surface area contributed by atoms with Crippen LogP contribution in [0, 0.1) is 0 Å². The molecule has 6 heteroatoms. The highest BCUT2D eigenvalue weighted by atomic mass is 16.5. The third-order valence-electron chi connectivity index (χ3n) is 4.53. The minimum absolute atomic E-state index is 0.0429. The zero-order valence-corrected chi connectivity index (χ0v) is 15.2. The molecule has 1 aliphatic heterocycles. The molecule has 1 heterocycles. The third-order valence-corrected chi connectivity index (χ3v) is 4.53. The molecule has 1 aliphatic rings. The second-order valence-electron chi connectivity index (χ2n) is 6.43. The number of benzene rings is 1. The standard InChI is InChI=1S/C19H29N3O3/c1-15(23)20-10-9-19(24)21-14-18(22-11-4-3-5-12-22)16-7-6-8-17(13-16)25-2/h6-8,13,18H,3-5,9-12,14H2,1-2H3,(H,20,23)(H,21,24). The van der Waals surface area contributed by atoms with Gasteiger partial charge in [0.2, 0.25) is 11.8 Å². The predicted molar refractivity (Wildman–Crippen MR) is 97.5 cm³/mol. The molecule has 2 N–H and O–H groups in total. The smallest absolute Gasteiger partial charge is 0.221 e. The van der Waals surface area contributed by atoms with Gasteiger partial charge in [-0.05, 0) is 43.6 Å². The minimum Gasteiger partial charge on any atom is -0.497 e. The van der Waals surface area contributed by atoms with Gasteiger partial charge in [-0.25, -0.2) is 0 Å². The highest BCUT2D eigenvalue weighted by molar-refractivity contribution is 5.77. The van der Waals surface area contributed by atoms with Crippen LogP contribution in [0.15, 0.2) is 24.3 Å². The van der Waals surface area contributed by atoms with Gasteiger partial charge in [-0.1, -0.05) is 18.6 Å². The Balaban J connectivity index is 1.99. The molecule has 0 radical (unpaired) electrons. The lowest BCUT2D eigenvalue weighted by molar-refractivity contribution is -0.121. The fourth-order valence-electron chi connectivity index (χ4n) is 3.19. The van der Waals surface area contributed by atoms with Gasteiger partial charge in [0.15, 0.2) is 0 Å². The maximum atomic E-state index is 12.1. The van der Waals surface area contributed by atoms with E-state index >= 15 is 0 Å². The molecule has 1 fully saturated rings. The SMILES string of the molecule is COc1cccc(C(CNC(=O)CCNC(C)=O)N2CCCCC2)c1. The Morgan fingerprint density at radius 3 is 2.64 bits per heavy atom. The molecule has 0 aliphatic carbocycles. The van der Waals surface area contributed by atoms with Crippen molar-refractivity contribution in [1.82, 2.24) is 15.5 Å². The van der Waals surface area contributed by atoms with Crippen LogP contribution in [0.3, 0.4) is 0 Å². The predicted octanol–water partition coefficient (Wildman–Crippen LogP) is 1.86. The largest absolute Gasteiger partial charge is 0.497 e. The summed E-state index contributed by atoms with van der Waals surface area (Å²) in [5, 5.41) is 5.66. The van der Waals surface area contributed by atoms with E-state index in [2.05, 4.69) is 21.6 Å². The van der Waals surface area contributed by atoms with E-state index in [0.717, 1.165) is 24.4 Å². The van der Waals surface area contributed by atoms with Gasteiger partial charge in [0.1, 0.15) is 5.75 Å². The normalized spacial score (nSPS) is 16.1. The molecule has 2 amide bonds. The number of nitrogens with zero attached hydrogens (tertiary/aromatic N) is 1. The first-order valence-electron chi connectivity index (χ1n) is 8.99. The van der Waals surface area contributed by atoms with E-state index in [9.17, 15) is 9.59 Å². The molecule has 25 heavy (non-hydrogen) atoms. The lowest BCUT2D eigenvalue weighted by Crippen LogP contribution is -2.41. The topological polar surface area (TPSA) is 70.7 Å². The fourth-order valence-corrected chi connectivity index (χ4v) is 3.19. The highest BCUT2D eigenvalue weighted by Gasteiger charge is 2.23. The summed E-state index contributed by atoms with van der Waals surface area (Å²) in [6, 6.07) is 8.20. The van der Waals surface area contributed by atoms with Crippen LogP contribution in [0.5, 0.6) is 5.75 Å². The Labute approximate surface area is 149 Å². The zero-order valence-electron chi connectivity index (χ0n) is 15.2. The molecule has 0 saturated carbocycles. The summed E-state index contributed by atoms with van der Waals surface area (Å²) in [5.41, 5.74) is 1.16. The Morgan fingerprint density at radius 2 is 1.96 bits per heavy atom. The molecule has 138 valence electrons. The molecule has 2 rings (SSSR count). The van der Waals surface area contributed by atoms with Crippen LogP contribution < -0.4 is 15.4 Å². The first kappa shape index (κ1) is 19.2. The van der Waals surface area contributed by atoms with Gasteiger partial charge in [0.25, 0.3) is 0 Å². The number of carbonyl (C=O) groups excluding carboxylic acids is 2. The second-order valence-corrected chi connectivity index (χ2v) is 6.43. The Morgan fingerprint density at radius 1 is 1.20 bits per heavy atom. The highest BCUT2D eigenvalue weighted by Crippen LogP contribution is 2.26. The number of methoxy groups -OCH3 is 1. The van der Waals surface area contributed by atoms with Gasteiger partial charge in [0.05, 0.1) is 13.2 Å². The van der Waals surface area contributed by atoms with E-state index in [-0.39, 0.29) is 17.9 Å². The molecule has 0 spiro atoms. The molecule has 1 aromatic rings. The van der Waals surface area contributed by atoms with Crippen molar-refractivity contribution in [2.75, 3.05) is 33.3 Å². The number of hydrogen-bond donors (Lipinski definition) is 2. The van der Waals surface area contributed by atoms with E-state index in [1.807, 2.05) is 18.2 Å². The van der Waals surface area contributed by atoms with Gasteiger partial charge >= 0.3 is 0 Å². The van der Waals surface area contributed by atoms with Crippen molar-refractivity contribution >= 4 is 11.8 Å². The summed E-state index contributed by atoms with van der Waals surface area (Å²) in [6.07, 6.45) is 3.95. The molecule has 1 unspecified atom stereocenters. The molecule has 6 nitrogen and oxygen atoms in total. The first-order valence-corrected chi connectivity index (χ1v) is 8.99. The summed E-state index contributed by atoms with van der Waals surface area (Å²) in [4.78, 5) is 25.4. The average molecular weight is 347 g/mol. The number of nitrogens with one attached hydrogen (secondary N) is 2. The van der Waals surface area contributed by atoms with Crippen molar-refractivity contribution < 1.29 is 14.3 Å². The monoisotopic (exact) mass is 347 g/mol. The van der Waals surface area contributed by atoms with Crippen molar-refractivity contribution in [2.24, 2.45) is 0 Å². The van der Waals surface area contributed by atoms with Crippen LogP contribution in [-0.4, -0.2) is 50.0 Å².